The van der Waals surface area contributed by atoms with Crippen molar-refractivity contribution < 1.29 is 23.0 Å². The number of alkyl halides is 2. The molecule has 1 aliphatic rings. The highest BCUT2D eigenvalue weighted by molar-refractivity contribution is 7.99. The first-order valence-corrected chi connectivity index (χ1v) is 9.22. The second kappa shape index (κ2) is 7.40. The minimum absolute atomic E-state index is 0.0160. The van der Waals surface area contributed by atoms with E-state index in [1.807, 2.05) is 0 Å². The second-order valence-electron chi connectivity index (χ2n) is 6.11. The van der Waals surface area contributed by atoms with Crippen molar-refractivity contribution in [2.45, 2.75) is 30.7 Å². The van der Waals surface area contributed by atoms with Crippen LogP contribution < -0.4 is 4.74 Å². The zero-order valence-electron chi connectivity index (χ0n) is 14.6. The molecule has 1 N–H and O–H groups in total. The summed E-state index contributed by atoms with van der Waals surface area (Å²) in [4.78, 5) is 12.7. The van der Waals surface area contributed by atoms with Crippen molar-refractivity contribution in [3.05, 3.63) is 58.7 Å². The standard InChI is InChI=1S/C19H14F3N3O2S/c1-9-15-12(10(8-26)7-23-9)6-13-17(27-15)24-16(25-18(13)28-19(21)22)11-4-2-3-5-14(11)20/h2-5,7,19,26H,6,8H2,1H3. The summed E-state index contributed by atoms with van der Waals surface area (Å²) in [6.07, 6.45) is 1.73. The Morgan fingerprint density at radius 3 is 2.71 bits per heavy atom. The third-order valence-corrected chi connectivity index (χ3v) is 5.11. The van der Waals surface area contributed by atoms with Crippen molar-refractivity contribution in [1.29, 1.82) is 0 Å². The summed E-state index contributed by atoms with van der Waals surface area (Å²) in [5.74, 6) is -2.81. The van der Waals surface area contributed by atoms with Gasteiger partial charge in [-0.25, -0.2) is 9.37 Å². The van der Waals surface area contributed by atoms with Crippen molar-refractivity contribution in [2.75, 3.05) is 0 Å². The first-order chi connectivity index (χ1) is 13.5. The summed E-state index contributed by atoms with van der Waals surface area (Å²) in [5.41, 5.74) is 2.23. The van der Waals surface area contributed by atoms with Gasteiger partial charge in [0.25, 0.3) is 5.76 Å². The molecule has 0 saturated carbocycles. The summed E-state index contributed by atoms with van der Waals surface area (Å²) < 4.78 is 46.4. The van der Waals surface area contributed by atoms with E-state index in [9.17, 15) is 18.3 Å². The van der Waals surface area contributed by atoms with Crippen LogP contribution in [0.1, 0.15) is 22.4 Å². The lowest BCUT2D eigenvalue weighted by Gasteiger charge is -2.24. The van der Waals surface area contributed by atoms with Crippen molar-refractivity contribution >= 4 is 11.8 Å². The molecule has 3 heterocycles. The van der Waals surface area contributed by atoms with Gasteiger partial charge in [0.2, 0.25) is 5.88 Å². The summed E-state index contributed by atoms with van der Waals surface area (Å²) in [5, 5.41) is 9.59. The van der Waals surface area contributed by atoms with Gasteiger partial charge in [-0.3, -0.25) is 4.98 Å². The van der Waals surface area contributed by atoms with Crippen molar-refractivity contribution in [1.82, 2.24) is 15.0 Å². The molecule has 1 aromatic carbocycles. The van der Waals surface area contributed by atoms with Crippen LogP contribution in [0.4, 0.5) is 13.2 Å². The van der Waals surface area contributed by atoms with Crippen LogP contribution in [0.3, 0.4) is 0 Å². The van der Waals surface area contributed by atoms with Crippen molar-refractivity contribution in [3.8, 4) is 23.0 Å². The molecule has 0 aliphatic carbocycles. The maximum absolute atomic E-state index is 14.2. The highest BCUT2D eigenvalue weighted by Crippen LogP contribution is 2.43. The van der Waals surface area contributed by atoms with Gasteiger partial charge in [-0.15, -0.1) is 0 Å². The van der Waals surface area contributed by atoms with E-state index in [2.05, 4.69) is 15.0 Å². The van der Waals surface area contributed by atoms with Crippen LogP contribution in [-0.4, -0.2) is 25.8 Å². The SMILES string of the molecule is Cc1ncc(CO)c2c1Oc1nc(-c3ccccc3F)nc(SC(F)F)c1C2. The second-order valence-corrected chi connectivity index (χ2v) is 7.09. The Kier molecular flexibility index (Phi) is 4.94. The minimum atomic E-state index is -2.72. The van der Waals surface area contributed by atoms with E-state index in [1.165, 1.54) is 24.4 Å². The molecular formula is C19H14F3N3O2S. The molecule has 0 saturated heterocycles. The number of halogens is 3. The maximum atomic E-state index is 14.2. The number of fused-ring (bicyclic) bond motifs is 2. The van der Waals surface area contributed by atoms with E-state index in [-0.39, 0.29) is 47.1 Å². The zero-order chi connectivity index (χ0) is 19.8. The number of thioether (sulfide) groups is 1. The average molecular weight is 405 g/mol. The molecule has 28 heavy (non-hydrogen) atoms. The molecule has 3 aromatic rings. The Labute approximate surface area is 162 Å². The zero-order valence-corrected chi connectivity index (χ0v) is 15.4. The van der Waals surface area contributed by atoms with Gasteiger partial charge in [-0.05, 0) is 30.8 Å². The van der Waals surface area contributed by atoms with Crippen molar-refractivity contribution in [3.63, 3.8) is 0 Å². The largest absolute Gasteiger partial charge is 0.436 e. The molecule has 5 nitrogen and oxygen atoms in total. The predicted octanol–water partition coefficient (Wildman–Crippen LogP) is 4.49. The lowest BCUT2D eigenvalue weighted by molar-refractivity contribution is 0.251. The molecule has 1 aliphatic heterocycles. The van der Waals surface area contributed by atoms with Crippen LogP contribution in [0, 0.1) is 12.7 Å². The number of hydrogen-bond donors (Lipinski definition) is 1. The first-order valence-electron chi connectivity index (χ1n) is 8.34. The van der Waals surface area contributed by atoms with Gasteiger partial charge in [0.1, 0.15) is 10.8 Å². The van der Waals surface area contributed by atoms with Gasteiger partial charge in [-0.1, -0.05) is 12.1 Å². The number of aromatic nitrogens is 3. The summed E-state index contributed by atoms with van der Waals surface area (Å²) >= 11 is 0.255. The highest BCUT2D eigenvalue weighted by atomic mass is 32.2. The quantitative estimate of drug-likeness (QED) is 0.399. The molecule has 4 rings (SSSR count). The number of aliphatic hydroxyl groups is 1. The van der Waals surface area contributed by atoms with Gasteiger partial charge < -0.3 is 9.84 Å². The molecule has 9 heteroatoms. The van der Waals surface area contributed by atoms with E-state index in [0.717, 1.165) is 0 Å². The van der Waals surface area contributed by atoms with Crippen LogP contribution in [0.15, 0.2) is 35.5 Å². The molecule has 2 aromatic heterocycles. The number of hydrogen-bond acceptors (Lipinski definition) is 6. The Hall–Kier alpha value is -2.65. The van der Waals surface area contributed by atoms with E-state index in [4.69, 9.17) is 4.74 Å². The van der Waals surface area contributed by atoms with E-state index < -0.39 is 11.6 Å². The van der Waals surface area contributed by atoms with Gasteiger partial charge in [-0.2, -0.15) is 13.8 Å². The normalized spacial score (nSPS) is 12.5. The highest BCUT2D eigenvalue weighted by Gasteiger charge is 2.29. The summed E-state index contributed by atoms with van der Waals surface area (Å²) in [7, 11) is 0. The molecule has 0 bridgehead atoms. The van der Waals surface area contributed by atoms with E-state index in [0.29, 0.717) is 28.1 Å². The topological polar surface area (TPSA) is 68.1 Å². The maximum Gasteiger partial charge on any atom is 0.290 e. The lowest BCUT2D eigenvalue weighted by Crippen LogP contribution is -2.13. The molecule has 0 amide bonds. The fraction of sp³-hybridized carbons (Fsp3) is 0.211. The van der Waals surface area contributed by atoms with Gasteiger partial charge in [0, 0.05) is 23.7 Å². The molecule has 0 spiro atoms. The molecule has 144 valence electrons. The third kappa shape index (κ3) is 3.31. The van der Waals surface area contributed by atoms with E-state index >= 15 is 0 Å². The van der Waals surface area contributed by atoms with E-state index in [1.54, 1.807) is 13.0 Å². The number of nitrogens with zero attached hydrogens (tertiary/aromatic N) is 3. The number of ether oxygens (including phenoxy) is 1. The first kappa shape index (κ1) is 18.7. The predicted molar refractivity (Wildman–Crippen MR) is 97.1 cm³/mol. The average Bonchev–Trinajstić information content (AvgIpc) is 2.67. The Balaban J connectivity index is 1.89. The number of aryl methyl sites for hydroxylation is 1. The minimum Gasteiger partial charge on any atom is -0.436 e. The Bertz CT molecular complexity index is 1060. The number of pyridine rings is 1. The Morgan fingerprint density at radius 2 is 2.00 bits per heavy atom. The van der Waals surface area contributed by atoms with Crippen molar-refractivity contribution in [2.24, 2.45) is 0 Å². The van der Waals surface area contributed by atoms with Gasteiger partial charge >= 0.3 is 0 Å². The summed E-state index contributed by atoms with van der Waals surface area (Å²) in [6.45, 7) is 1.47. The lowest BCUT2D eigenvalue weighted by atomic mass is 9.99. The third-order valence-electron chi connectivity index (χ3n) is 4.37. The molecule has 0 radical (unpaired) electrons. The van der Waals surface area contributed by atoms with Crippen LogP contribution in [0.2, 0.25) is 0 Å². The fourth-order valence-electron chi connectivity index (χ4n) is 3.04. The number of rotatable bonds is 4. The van der Waals surface area contributed by atoms with Crippen LogP contribution in [-0.2, 0) is 13.0 Å². The van der Waals surface area contributed by atoms with Gasteiger partial charge in [0.15, 0.2) is 11.6 Å². The van der Waals surface area contributed by atoms with Crippen LogP contribution in [0.5, 0.6) is 11.6 Å². The number of aliphatic hydroxyl groups excluding tert-OH is 1. The molecule has 0 unspecified atom stereocenters. The molecular weight excluding hydrogens is 391 g/mol. The van der Waals surface area contributed by atoms with Gasteiger partial charge in [0.05, 0.1) is 23.4 Å². The fourth-order valence-corrected chi connectivity index (χ4v) is 3.65. The number of benzene rings is 1. The van der Waals surface area contributed by atoms with Crippen LogP contribution in [0.25, 0.3) is 11.4 Å². The molecule has 0 fully saturated rings. The monoisotopic (exact) mass is 405 g/mol. The summed E-state index contributed by atoms with van der Waals surface area (Å²) in [6, 6.07) is 5.85. The van der Waals surface area contributed by atoms with Crippen LogP contribution >= 0.6 is 11.8 Å². The molecule has 0 atom stereocenters. The smallest absolute Gasteiger partial charge is 0.290 e. The Morgan fingerprint density at radius 1 is 1.21 bits per heavy atom.